The number of hydrogen-bond acceptors (Lipinski definition) is 5. The molecule has 1 saturated carbocycles. The van der Waals surface area contributed by atoms with Crippen molar-refractivity contribution in [1.29, 1.82) is 0 Å². The van der Waals surface area contributed by atoms with Crippen molar-refractivity contribution < 1.29 is 19.6 Å². The van der Waals surface area contributed by atoms with E-state index in [4.69, 9.17) is 11.6 Å². The third kappa shape index (κ3) is 6.15. The van der Waals surface area contributed by atoms with Gasteiger partial charge in [-0.15, -0.1) is 6.42 Å². The minimum absolute atomic E-state index is 0.131. The molecule has 0 bridgehead atoms. The lowest BCUT2D eigenvalue weighted by Crippen LogP contribution is -2.53. The number of rotatable bonds is 8. The van der Waals surface area contributed by atoms with Gasteiger partial charge in [0.05, 0.1) is 12.1 Å². The Morgan fingerprint density at radius 2 is 1.71 bits per heavy atom. The normalized spacial score (nSPS) is 13.5. The van der Waals surface area contributed by atoms with E-state index in [1.165, 1.54) is 22.7 Å². The van der Waals surface area contributed by atoms with E-state index in [1.54, 1.807) is 18.2 Å². The molecular weight excluding hydrogens is 396 g/mol. The molecular formula is C23H24N4O4. The molecule has 1 fully saturated rings. The lowest BCUT2D eigenvalue weighted by Gasteiger charge is -2.18. The average molecular weight is 420 g/mol. The van der Waals surface area contributed by atoms with Crippen LogP contribution in [0.5, 0.6) is 0 Å². The molecule has 0 saturated heterocycles. The first kappa shape index (κ1) is 22.0. The first-order chi connectivity index (χ1) is 15.0. The predicted octanol–water partition coefficient (Wildman–Crippen LogP) is 0.807. The van der Waals surface area contributed by atoms with Gasteiger partial charge in [-0.05, 0) is 36.1 Å². The van der Waals surface area contributed by atoms with Gasteiger partial charge in [-0.2, -0.15) is 0 Å². The van der Waals surface area contributed by atoms with E-state index in [1.807, 2.05) is 0 Å². The average Bonchev–Trinajstić information content (AvgIpc) is 3.61. The van der Waals surface area contributed by atoms with E-state index >= 15 is 0 Å². The fourth-order valence-corrected chi connectivity index (χ4v) is 2.80. The second-order valence-corrected chi connectivity index (χ2v) is 7.23. The molecule has 160 valence electrons. The topological polar surface area (TPSA) is 120 Å². The number of hydroxylamine groups is 1. The summed E-state index contributed by atoms with van der Waals surface area (Å²) in [4.78, 5) is 35.8. The van der Waals surface area contributed by atoms with Crippen LogP contribution in [-0.2, 0) is 9.59 Å². The molecule has 5 N–H and O–H groups in total. The summed E-state index contributed by atoms with van der Waals surface area (Å²) in [6, 6.07) is 14.2. The summed E-state index contributed by atoms with van der Waals surface area (Å²) < 4.78 is 0. The van der Waals surface area contributed by atoms with Gasteiger partial charge in [-0.25, -0.2) is 5.48 Å². The maximum atomic E-state index is 12.3. The molecule has 8 nitrogen and oxygen atoms in total. The number of hydrogen-bond donors (Lipinski definition) is 5. The Morgan fingerprint density at radius 1 is 1.06 bits per heavy atom. The molecule has 3 amide bonds. The van der Waals surface area contributed by atoms with Gasteiger partial charge in [0.2, 0.25) is 5.91 Å². The van der Waals surface area contributed by atoms with Crippen LogP contribution in [0.15, 0.2) is 48.5 Å². The second-order valence-electron chi connectivity index (χ2n) is 7.23. The zero-order valence-corrected chi connectivity index (χ0v) is 16.9. The van der Waals surface area contributed by atoms with Crippen molar-refractivity contribution in [3.05, 3.63) is 59.7 Å². The number of carbonyl (C=O) groups excluding carboxylic acids is 3. The van der Waals surface area contributed by atoms with Crippen LogP contribution >= 0.6 is 0 Å². The second kappa shape index (κ2) is 10.4. The summed E-state index contributed by atoms with van der Waals surface area (Å²) in [6.45, 7) is -0.0342. The van der Waals surface area contributed by atoms with E-state index in [9.17, 15) is 14.4 Å². The molecule has 1 aromatic rings. The molecule has 0 aromatic heterocycles. The van der Waals surface area contributed by atoms with E-state index in [0.717, 1.165) is 12.8 Å². The highest BCUT2D eigenvalue weighted by atomic mass is 16.5. The largest absolute Gasteiger partial charge is 0.352 e. The van der Waals surface area contributed by atoms with Gasteiger partial charge in [0.15, 0.2) is 0 Å². The molecule has 0 aliphatic heterocycles. The molecule has 3 aliphatic carbocycles. The van der Waals surface area contributed by atoms with Crippen LogP contribution in [0.1, 0.15) is 28.8 Å². The Hall–Kier alpha value is -3.67. The van der Waals surface area contributed by atoms with Crippen LogP contribution in [0.2, 0.25) is 0 Å². The van der Waals surface area contributed by atoms with Gasteiger partial charge < -0.3 is 16.0 Å². The first-order valence-corrected chi connectivity index (χ1v) is 9.92. The molecule has 0 spiro atoms. The molecule has 31 heavy (non-hydrogen) atoms. The third-order valence-electron chi connectivity index (χ3n) is 4.91. The fourth-order valence-electron chi connectivity index (χ4n) is 2.80. The van der Waals surface area contributed by atoms with Gasteiger partial charge in [-0.1, -0.05) is 42.3 Å². The first-order valence-electron chi connectivity index (χ1n) is 9.92. The molecule has 3 aliphatic rings. The van der Waals surface area contributed by atoms with Crippen molar-refractivity contribution in [3.63, 3.8) is 0 Å². The Balaban J connectivity index is 0.000000381. The number of terminal acetylenes is 1. The van der Waals surface area contributed by atoms with Gasteiger partial charge in [-0.3, -0.25) is 19.6 Å². The zero-order valence-electron chi connectivity index (χ0n) is 16.9. The molecule has 0 heterocycles. The summed E-state index contributed by atoms with van der Waals surface area (Å²) >= 11 is 0. The van der Waals surface area contributed by atoms with Crippen molar-refractivity contribution in [3.8, 4) is 23.5 Å². The molecule has 0 radical (unpaired) electrons. The lowest BCUT2D eigenvalue weighted by atomic mass is 9.95. The van der Waals surface area contributed by atoms with Gasteiger partial charge >= 0.3 is 0 Å². The molecule has 1 atom stereocenters. The maximum absolute atomic E-state index is 12.3. The Labute approximate surface area is 180 Å². The van der Waals surface area contributed by atoms with Crippen LogP contribution < -0.4 is 21.4 Å². The lowest BCUT2D eigenvalue weighted by molar-refractivity contribution is -0.131. The monoisotopic (exact) mass is 420 g/mol. The highest BCUT2D eigenvalue weighted by Gasteiger charge is 2.24. The number of nitrogens with one attached hydrogen (secondary N) is 4. The van der Waals surface area contributed by atoms with Crippen molar-refractivity contribution in [2.45, 2.75) is 24.9 Å². The van der Waals surface area contributed by atoms with Crippen molar-refractivity contribution in [2.24, 2.45) is 0 Å². The summed E-state index contributed by atoms with van der Waals surface area (Å²) in [5.74, 6) is 0.661. The van der Waals surface area contributed by atoms with E-state index in [0.29, 0.717) is 11.6 Å². The SMILES string of the molecule is C#Cc1ccccc1C(=O)N[C@@H](CNC(=O)CNC1CC1)C(=O)NO.c1cc2ccc1-2. The number of benzene rings is 2. The predicted molar refractivity (Wildman–Crippen MR) is 115 cm³/mol. The Kier molecular flexibility index (Phi) is 7.38. The van der Waals surface area contributed by atoms with Crippen LogP contribution in [0.3, 0.4) is 0 Å². The van der Waals surface area contributed by atoms with E-state index < -0.39 is 17.9 Å². The summed E-state index contributed by atoms with van der Waals surface area (Å²) in [5.41, 5.74) is 4.93. The van der Waals surface area contributed by atoms with Gasteiger partial charge in [0.1, 0.15) is 6.04 Å². The van der Waals surface area contributed by atoms with Gasteiger partial charge in [0, 0.05) is 18.2 Å². The van der Waals surface area contributed by atoms with Crippen LogP contribution in [0, 0.1) is 12.3 Å². The highest BCUT2D eigenvalue weighted by molar-refractivity contribution is 5.99. The summed E-state index contributed by atoms with van der Waals surface area (Å²) in [5, 5.41) is 16.9. The van der Waals surface area contributed by atoms with Crippen LogP contribution in [0.25, 0.3) is 11.1 Å². The van der Waals surface area contributed by atoms with Crippen molar-refractivity contribution in [2.75, 3.05) is 13.1 Å². The summed E-state index contributed by atoms with van der Waals surface area (Å²) in [6.07, 6.45) is 7.45. The number of carbonyl (C=O) groups is 3. The molecule has 8 heteroatoms. The number of fused-ring (bicyclic) bond motifs is 1. The Bertz CT molecular complexity index is 972. The van der Waals surface area contributed by atoms with Gasteiger partial charge in [0.25, 0.3) is 11.8 Å². The van der Waals surface area contributed by atoms with E-state index in [-0.39, 0.29) is 24.6 Å². The number of amides is 3. The third-order valence-corrected chi connectivity index (χ3v) is 4.91. The molecule has 0 unspecified atom stereocenters. The minimum atomic E-state index is -1.15. The van der Waals surface area contributed by atoms with E-state index in [2.05, 4.69) is 46.1 Å². The van der Waals surface area contributed by atoms with Crippen LogP contribution in [0.4, 0.5) is 0 Å². The minimum Gasteiger partial charge on any atom is -0.352 e. The molecule has 1 aromatic carbocycles. The van der Waals surface area contributed by atoms with Crippen LogP contribution in [-0.4, -0.2) is 48.1 Å². The summed E-state index contributed by atoms with van der Waals surface area (Å²) in [7, 11) is 0. The standard InChI is InChI=1S/C17H20N4O4.C6H4/c1-2-11-5-3-4-6-13(11)16(23)20-14(17(24)21-25)9-19-15(22)10-18-12-7-8-12;1-2-6-4-3-5(1)6/h1,3-6,12,14,18,25H,7-10H2,(H,19,22)(H,20,23)(H,21,24);1-4H/t14-;/m0./s1. The Morgan fingerprint density at radius 3 is 2.23 bits per heavy atom. The zero-order chi connectivity index (χ0) is 22.2. The van der Waals surface area contributed by atoms with Crippen molar-refractivity contribution >= 4 is 17.7 Å². The quantitative estimate of drug-likeness (QED) is 0.210. The maximum Gasteiger partial charge on any atom is 0.267 e. The highest BCUT2D eigenvalue weighted by Crippen LogP contribution is 2.29. The van der Waals surface area contributed by atoms with Crippen molar-refractivity contribution in [1.82, 2.24) is 21.4 Å². The molecule has 4 rings (SSSR count). The fraction of sp³-hybridized carbons (Fsp3) is 0.261. The smallest absolute Gasteiger partial charge is 0.267 e.